The Kier molecular flexibility index (Phi) is 4.60. The number of ether oxygens (including phenoxy) is 1. The summed E-state index contributed by atoms with van der Waals surface area (Å²) < 4.78 is 7.72. The van der Waals surface area contributed by atoms with Crippen molar-refractivity contribution in [2.45, 2.75) is 46.2 Å². The van der Waals surface area contributed by atoms with E-state index in [0.717, 1.165) is 36.8 Å². The van der Waals surface area contributed by atoms with Crippen LogP contribution in [0, 0.1) is 13.8 Å². The maximum Gasteiger partial charge on any atom is 0.223 e. The number of nitrogens with zero attached hydrogens (tertiary/aromatic N) is 3. The van der Waals surface area contributed by atoms with Gasteiger partial charge >= 0.3 is 0 Å². The lowest BCUT2D eigenvalue weighted by atomic mass is 10.1. The maximum absolute atomic E-state index is 11.9. The number of hydrogen-bond donors (Lipinski definition) is 1. The minimum absolute atomic E-state index is 0.0378. The van der Waals surface area contributed by atoms with E-state index in [4.69, 9.17) is 4.74 Å². The first-order valence-corrected chi connectivity index (χ1v) is 8.01. The fourth-order valence-corrected chi connectivity index (χ4v) is 2.67. The van der Waals surface area contributed by atoms with Crippen molar-refractivity contribution in [3.05, 3.63) is 41.0 Å². The number of carbonyl (C=O) groups is 1. The van der Waals surface area contributed by atoms with Crippen molar-refractivity contribution in [3.8, 4) is 5.75 Å². The maximum atomic E-state index is 11.9. The highest BCUT2D eigenvalue weighted by Crippen LogP contribution is 2.16. The molecule has 1 aromatic heterocycles. The second-order valence-corrected chi connectivity index (χ2v) is 5.91. The summed E-state index contributed by atoms with van der Waals surface area (Å²) in [6, 6.07) is 5.95. The molecule has 2 heterocycles. The minimum atomic E-state index is -0.0378. The summed E-state index contributed by atoms with van der Waals surface area (Å²) in [5.74, 6) is 2.62. The number of carbonyl (C=O) groups excluding carboxylic acids is 1. The van der Waals surface area contributed by atoms with Crippen molar-refractivity contribution >= 4 is 5.91 Å². The third kappa shape index (κ3) is 3.70. The highest BCUT2D eigenvalue weighted by atomic mass is 16.5. The van der Waals surface area contributed by atoms with Crippen molar-refractivity contribution in [2.24, 2.45) is 0 Å². The van der Waals surface area contributed by atoms with Crippen LogP contribution in [-0.4, -0.2) is 27.3 Å². The van der Waals surface area contributed by atoms with Gasteiger partial charge in [-0.1, -0.05) is 6.07 Å². The molecule has 6 nitrogen and oxygen atoms in total. The molecule has 0 unspecified atom stereocenters. The summed E-state index contributed by atoms with van der Waals surface area (Å²) in [5, 5.41) is 11.1. The molecule has 1 amide bonds. The van der Waals surface area contributed by atoms with Gasteiger partial charge in [-0.05, 0) is 43.5 Å². The molecule has 0 fully saturated rings. The van der Waals surface area contributed by atoms with Crippen LogP contribution in [0.15, 0.2) is 18.2 Å². The fraction of sp³-hybridized carbons (Fsp3) is 0.471. The molecule has 1 aliphatic rings. The number of amides is 1. The molecule has 0 bridgehead atoms. The van der Waals surface area contributed by atoms with E-state index in [-0.39, 0.29) is 5.91 Å². The molecule has 1 aromatic carbocycles. The lowest BCUT2D eigenvalue weighted by Crippen LogP contribution is -2.26. The molecule has 6 heteroatoms. The first-order chi connectivity index (χ1) is 11.1. The van der Waals surface area contributed by atoms with Crippen molar-refractivity contribution in [1.29, 1.82) is 0 Å². The molecule has 0 atom stereocenters. The van der Waals surface area contributed by atoms with Gasteiger partial charge in [-0.25, -0.2) is 0 Å². The van der Waals surface area contributed by atoms with Crippen molar-refractivity contribution < 1.29 is 9.53 Å². The lowest BCUT2D eigenvalue weighted by Gasteiger charge is -2.09. The third-order valence-corrected chi connectivity index (χ3v) is 4.21. The predicted octanol–water partition coefficient (Wildman–Crippen LogP) is 1.93. The summed E-state index contributed by atoms with van der Waals surface area (Å²) in [5.41, 5.74) is 2.42. The monoisotopic (exact) mass is 314 g/mol. The fourth-order valence-electron chi connectivity index (χ4n) is 2.67. The number of rotatable bonds is 6. The zero-order valence-electron chi connectivity index (χ0n) is 13.6. The normalized spacial score (nSPS) is 13.0. The number of fused-ring (bicyclic) bond motifs is 1. The molecule has 122 valence electrons. The standard InChI is InChI=1S/C17H22N4O2/c1-12-5-6-14(10-13(12)2)23-9-7-17(22)18-11-16-20-19-15-4-3-8-21(15)16/h5-6,10H,3-4,7-9,11H2,1-2H3,(H,18,22). The van der Waals surface area contributed by atoms with E-state index >= 15 is 0 Å². The van der Waals surface area contributed by atoms with Gasteiger partial charge in [0, 0.05) is 13.0 Å². The highest BCUT2D eigenvalue weighted by molar-refractivity contribution is 5.75. The average molecular weight is 314 g/mol. The molecule has 0 saturated carbocycles. The van der Waals surface area contributed by atoms with E-state index in [0.29, 0.717) is 19.6 Å². The molecule has 23 heavy (non-hydrogen) atoms. The van der Waals surface area contributed by atoms with E-state index in [1.165, 1.54) is 11.1 Å². The van der Waals surface area contributed by atoms with Crippen LogP contribution in [-0.2, 0) is 24.3 Å². The summed E-state index contributed by atoms with van der Waals surface area (Å²) in [6.07, 6.45) is 2.41. The Morgan fingerprint density at radius 3 is 3.00 bits per heavy atom. The van der Waals surface area contributed by atoms with E-state index in [2.05, 4.69) is 27.0 Å². The number of benzene rings is 1. The van der Waals surface area contributed by atoms with E-state index in [9.17, 15) is 4.79 Å². The van der Waals surface area contributed by atoms with E-state index < -0.39 is 0 Å². The van der Waals surface area contributed by atoms with Gasteiger partial charge in [-0.3, -0.25) is 4.79 Å². The lowest BCUT2D eigenvalue weighted by molar-refractivity contribution is -0.121. The molecule has 2 aromatic rings. The molecule has 0 spiro atoms. The first-order valence-electron chi connectivity index (χ1n) is 8.01. The Hall–Kier alpha value is -2.37. The molecule has 1 aliphatic heterocycles. The number of nitrogens with one attached hydrogen (secondary N) is 1. The number of hydrogen-bond acceptors (Lipinski definition) is 4. The van der Waals surface area contributed by atoms with Crippen LogP contribution in [0.5, 0.6) is 5.75 Å². The Morgan fingerprint density at radius 2 is 2.17 bits per heavy atom. The molecule has 0 saturated heterocycles. The number of aromatic nitrogens is 3. The van der Waals surface area contributed by atoms with Crippen LogP contribution in [0.4, 0.5) is 0 Å². The summed E-state index contributed by atoms with van der Waals surface area (Å²) in [6.45, 7) is 5.85. The van der Waals surface area contributed by atoms with Gasteiger partial charge in [0.1, 0.15) is 11.6 Å². The molecule has 3 rings (SSSR count). The smallest absolute Gasteiger partial charge is 0.223 e. The molecule has 1 N–H and O–H groups in total. The zero-order chi connectivity index (χ0) is 16.2. The average Bonchev–Trinajstić information content (AvgIpc) is 3.12. The molecular weight excluding hydrogens is 292 g/mol. The largest absolute Gasteiger partial charge is 0.493 e. The molecule has 0 radical (unpaired) electrons. The topological polar surface area (TPSA) is 69.0 Å². The highest BCUT2D eigenvalue weighted by Gasteiger charge is 2.17. The van der Waals surface area contributed by atoms with Crippen molar-refractivity contribution in [2.75, 3.05) is 6.61 Å². The first kappa shape index (κ1) is 15.5. The number of aryl methyl sites for hydroxylation is 3. The molecular formula is C17H22N4O2. The van der Waals surface area contributed by atoms with Gasteiger partial charge in [-0.15, -0.1) is 10.2 Å². The van der Waals surface area contributed by atoms with Gasteiger partial charge in [-0.2, -0.15) is 0 Å². The summed E-state index contributed by atoms with van der Waals surface area (Å²) >= 11 is 0. The minimum Gasteiger partial charge on any atom is -0.493 e. The second kappa shape index (κ2) is 6.81. The van der Waals surface area contributed by atoms with Crippen molar-refractivity contribution in [3.63, 3.8) is 0 Å². The van der Waals surface area contributed by atoms with Crippen LogP contribution >= 0.6 is 0 Å². The SMILES string of the molecule is Cc1ccc(OCCC(=O)NCc2nnc3n2CCC3)cc1C. The van der Waals surface area contributed by atoms with Gasteiger partial charge in [0.15, 0.2) is 5.82 Å². The van der Waals surface area contributed by atoms with Crippen molar-refractivity contribution in [1.82, 2.24) is 20.1 Å². The van der Waals surface area contributed by atoms with E-state index in [1.807, 2.05) is 25.1 Å². The predicted molar refractivity (Wildman–Crippen MR) is 86.2 cm³/mol. The molecule has 0 aliphatic carbocycles. The van der Waals surface area contributed by atoms with Crippen LogP contribution < -0.4 is 10.1 Å². The third-order valence-electron chi connectivity index (χ3n) is 4.21. The van der Waals surface area contributed by atoms with E-state index in [1.54, 1.807) is 0 Å². The van der Waals surface area contributed by atoms with Gasteiger partial charge in [0.2, 0.25) is 5.91 Å². The van der Waals surface area contributed by atoms with Gasteiger partial charge < -0.3 is 14.6 Å². The van der Waals surface area contributed by atoms with Crippen LogP contribution in [0.2, 0.25) is 0 Å². The quantitative estimate of drug-likeness (QED) is 0.884. The van der Waals surface area contributed by atoms with Gasteiger partial charge in [0.25, 0.3) is 0 Å². The van der Waals surface area contributed by atoms with Crippen LogP contribution in [0.1, 0.15) is 35.6 Å². The Labute approximate surface area is 135 Å². The van der Waals surface area contributed by atoms with Crippen LogP contribution in [0.25, 0.3) is 0 Å². The Morgan fingerprint density at radius 1 is 1.30 bits per heavy atom. The van der Waals surface area contributed by atoms with Gasteiger partial charge in [0.05, 0.1) is 19.6 Å². The Bertz CT molecular complexity index is 709. The Balaban J connectivity index is 1.42. The van der Waals surface area contributed by atoms with Crippen LogP contribution in [0.3, 0.4) is 0 Å². The second-order valence-electron chi connectivity index (χ2n) is 5.91. The summed E-state index contributed by atoms with van der Waals surface area (Å²) in [4.78, 5) is 11.9. The zero-order valence-corrected chi connectivity index (χ0v) is 13.6. The summed E-state index contributed by atoms with van der Waals surface area (Å²) in [7, 11) is 0.